The molecule has 134 valence electrons. The fourth-order valence-electron chi connectivity index (χ4n) is 3.19. The highest BCUT2D eigenvalue weighted by Gasteiger charge is 2.19. The molecule has 0 unspecified atom stereocenters. The van der Waals surface area contributed by atoms with Crippen molar-refractivity contribution in [1.29, 1.82) is 0 Å². The van der Waals surface area contributed by atoms with Crippen molar-refractivity contribution < 1.29 is 9.53 Å². The molecule has 0 spiro atoms. The predicted molar refractivity (Wildman–Crippen MR) is 106 cm³/mol. The molecule has 0 fully saturated rings. The van der Waals surface area contributed by atoms with E-state index < -0.39 is 0 Å². The van der Waals surface area contributed by atoms with E-state index in [2.05, 4.69) is 31.0 Å². The van der Waals surface area contributed by atoms with Crippen LogP contribution in [0.4, 0.5) is 5.69 Å². The fraction of sp³-hybridized carbons (Fsp3) is 0.174. The largest absolute Gasteiger partial charge is 0.439 e. The van der Waals surface area contributed by atoms with Crippen LogP contribution in [0.5, 0.6) is 11.6 Å². The van der Waals surface area contributed by atoms with Gasteiger partial charge in [0.1, 0.15) is 11.5 Å². The third-order valence-electron chi connectivity index (χ3n) is 4.73. The maximum atomic E-state index is 12.5. The SMILES string of the molecule is Cc1cc2c(cc1C)N=C(c1cccc(Oc3ccccn3)c1)CC(=O)C2. The molecule has 0 saturated carbocycles. The lowest BCUT2D eigenvalue weighted by Gasteiger charge is -2.09. The van der Waals surface area contributed by atoms with Crippen LogP contribution in [0.3, 0.4) is 0 Å². The average Bonchev–Trinajstić information content (AvgIpc) is 2.81. The Morgan fingerprint density at radius 1 is 0.926 bits per heavy atom. The Bertz CT molecular complexity index is 1040. The summed E-state index contributed by atoms with van der Waals surface area (Å²) < 4.78 is 5.82. The zero-order valence-electron chi connectivity index (χ0n) is 15.4. The van der Waals surface area contributed by atoms with E-state index in [9.17, 15) is 4.79 Å². The van der Waals surface area contributed by atoms with Gasteiger partial charge in [0.2, 0.25) is 5.88 Å². The fourth-order valence-corrected chi connectivity index (χ4v) is 3.19. The summed E-state index contributed by atoms with van der Waals surface area (Å²) in [5.74, 6) is 1.38. The molecule has 1 aliphatic heterocycles. The number of ether oxygens (including phenoxy) is 1. The first-order valence-electron chi connectivity index (χ1n) is 8.97. The summed E-state index contributed by atoms with van der Waals surface area (Å²) in [7, 11) is 0. The number of rotatable bonds is 3. The van der Waals surface area contributed by atoms with E-state index in [-0.39, 0.29) is 5.78 Å². The topological polar surface area (TPSA) is 51.6 Å². The zero-order valence-corrected chi connectivity index (χ0v) is 15.4. The molecule has 0 aliphatic carbocycles. The lowest BCUT2D eigenvalue weighted by atomic mass is 9.99. The third kappa shape index (κ3) is 3.80. The lowest BCUT2D eigenvalue weighted by molar-refractivity contribution is -0.117. The number of hydrogen-bond acceptors (Lipinski definition) is 4. The van der Waals surface area contributed by atoms with Gasteiger partial charge >= 0.3 is 0 Å². The van der Waals surface area contributed by atoms with Crippen molar-refractivity contribution in [3.05, 3.63) is 83.0 Å². The van der Waals surface area contributed by atoms with Gasteiger partial charge in [0, 0.05) is 30.7 Å². The van der Waals surface area contributed by atoms with Gasteiger partial charge < -0.3 is 4.74 Å². The van der Waals surface area contributed by atoms with Crippen LogP contribution in [0.2, 0.25) is 0 Å². The molecule has 0 amide bonds. The molecule has 4 rings (SSSR count). The molecule has 0 atom stereocenters. The van der Waals surface area contributed by atoms with E-state index in [1.54, 1.807) is 12.3 Å². The first kappa shape index (κ1) is 17.2. The average molecular weight is 356 g/mol. The van der Waals surface area contributed by atoms with Gasteiger partial charge in [-0.1, -0.05) is 24.3 Å². The number of fused-ring (bicyclic) bond motifs is 1. The summed E-state index contributed by atoms with van der Waals surface area (Å²) >= 11 is 0. The quantitative estimate of drug-likeness (QED) is 0.654. The zero-order chi connectivity index (χ0) is 18.8. The van der Waals surface area contributed by atoms with E-state index >= 15 is 0 Å². The van der Waals surface area contributed by atoms with Crippen molar-refractivity contribution in [2.75, 3.05) is 0 Å². The smallest absolute Gasteiger partial charge is 0.219 e. The van der Waals surface area contributed by atoms with Crippen LogP contribution in [0.25, 0.3) is 0 Å². The molecule has 2 aromatic carbocycles. The second-order valence-corrected chi connectivity index (χ2v) is 6.81. The molecular formula is C23H20N2O2. The molecule has 27 heavy (non-hydrogen) atoms. The molecule has 1 aliphatic rings. The minimum absolute atomic E-state index is 0.173. The molecule has 1 aromatic heterocycles. The number of aryl methyl sites for hydroxylation is 2. The second kappa shape index (κ2) is 7.16. The molecule has 0 radical (unpaired) electrons. The van der Waals surface area contributed by atoms with Gasteiger partial charge in [-0.05, 0) is 54.8 Å². The van der Waals surface area contributed by atoms with Crippen LogP contribution in [-0.2, 0) is 11.2 Å². The summed E-state index contributed by atoms with van der Waals surface area (Å²) in [5, 5.41) is 0. The van der Waals surface area contributed by atoms with E-state index in [1.165, 1.54) is 11.1 Å². The van der Waals surface area contributed by atoms with Gasteiger partial charge in [-0.3, -0.25) is 9.79 Å². The molecule has 4 nitrogen and oxygen atoms in total. The molecule has 2 heterocycles. The van der Waals surface area contributed by atoms with Crippen molar-refractivity contribution in [2.24, 2.45) is 4.99 Å². The van der Waals surface area contributed by atoms with Crippen molar-refractivity contribution >= 4 is 17.2 Å². The highest BCUT2D eigenvalue weighted by molar-refractivity contribution is 6.13. The summed E-state index contributed by atoms with van der Waals surface area (Å²) in [6, 6.07) is 17.3. The first-order valence-corrected chi connectivity index (χ1v) is 8.97. The Morgan fingerprint density at radius 3 is 2.59 bits per heavy atom. The summed E-state index contributed by atoms with van der Waals surface area (Å²) in [6.45, 7) is 4.13. The molecule has 0 saturated heterocycles. The van der Waals surface area contributed by atoms with Crippen molar-refractivity contribution in [3.8, 4) is 11.6 Å². The van der Waals surface area contributed by atoms with Gasteiger partial charge in [-0.2, -0.15) is 0 Å². The number of ketones is 1. The lowest BCUT2D eigenvalue weighted by Crippen LogP contribution is -2.09. The normalized spacial score (nSPS) is 13.6. The number of Topliss-reactive ketones (excluding diaryl/α,β-unsaturated/α-hetero) is 1. The third-order valence-corrected chi connectivity index (χ3v) is 4.73. The van der Waals surface area contributed by atoms with Crippen LogP contribution >= 0.6 is 0 Å². The van der Waals surface area contributed by atoms with Gasteiger partial charge in [0.25, 0.3) is 0 Å². The Morgan fingerprint density at radius 2 is 1.78 bits per heavy atom. The minimum Gasteiger partial charge on any atom is -0.439 e. The number of benzene rings is 2. The second-order valence-electron chi connectivity index (χ2n) is 6.81. The summed E-state index contributed by atoms with van der Waals surface area (Å²) in [5.41, 5.74) is 5.91. The van der Waals surface area contributed by atoms with E-state index in [0.717, 1.165) is 22.5 Å². The summed E-state index contributed by atoms with van der Waals surface area (Å²) in [4.78, 5) is 21.5. The van der Waals surface area contributed by atoms with Crippen molar-refractivity contribution in [3.63, 3.8) is 0 Å². The number of nitrogens with zero attached hydrogens (tertiary/aromatic N) is 2. The van der Waals surface area contributed by atoms with Crippen LogP contribution < -0.4 is 4.74 Å². The Hall–Kier alpha value is -3.27. The molecule has 4 heteroatoms. The Labute approximate surface area is 158 Å². The van der Waals surface area contributed by atoms with Gasteiger partial charge in [0.15, 0.2) is 0 Å². The van der Waals surface area contributed by atoms with Crippen LogP contribution in [0.15, 0.2) is 65.8 Å². The number of aliphatic imine (C=N–C) groups is 1. The summed E-state index contributed by atoms with van der Waals surface area (Å²) in [6.07, 6.45) is 2.43. The minimum atomic E-state index is 0.173. The van der Waals surface area contributed by atoms with Gasteiger partial charge in [-0.25, -0.2) is 4.98 Å². The number of aromatic nitrogens is 1. The maximum Gasteiger partial charge on any atom is 0.219 e. The van der Waals surface area contributed by atoms with E-state index in [0.29, 0.717) is 24.5 Å². The van der Waals surface area contributed by atoms with Crippen molar-refractivity contribution in [1.82, 2.24) is 4.98 Å². The van der Waals surface area contributed by atoms with Crippen LogP contribution in [0, 0.1) is 13.8 Å². The van der Waals surface area contributed by atoms with E-state index in [1.807, 2.05) is 36.4 Å². The molecule has 3 aromatic rings. The Kier molecular flexibility index (Phi) is 4.55. The van der Waals surface area contributed by atoms with Gasteiger partial charge in [-0.15, -0.1) is 0 Å². The highest BCUT2D eigenvalue weighted by atomic mass is 16.5. The predicted octanol–water partition coefficient (Wildman–Crippen LogP) is 5.13. The number of carbonyl (C=O) groups excluding carboxylic acids is 1. The van der Waals surface area contributed by atoms with Crippen LogP contribution in [-0.4, -0.2) is 16.5 Å². The number of pyridine rings is 1. The highest BCUT2D eigenvalue weighted by Crippen LogP contribution is 2.30. The number of hydrogen-bond donors (Lipinski definition) is 0. The van der Waals surface area contributed by atoms with Gasteiger partial charge in [0.05, 0.1) is 11.4 Å². The standard InChI is InChI=1S/C23H20N2O2/c1-15-10-18-12-19(26)14-22(25-21(18)11-16(15)2)17-6-5-7-20(13-17)27-23-8-3-4-9-24-23/h3-11,13H,12,14H2,1-2H3. The monoisotopic (exact) mass is 356 g/mol. The van der Waals surface area contributed by atoms with E-state index in [4.69, 9.17) is 9.73 Å². The molecule has 0 N–H and O–H groups in total. The molecule has 0 bridgehead atoms. The first-order chi connectivity index (χ1) is 13.1. The molecular weight excluding hydrogens is 336 g/mol. The number of carbonyl (C=O) groups is 1. The Balaban J connectivity index is 1.71. The van der Waals surface area contributed by atoms with Crippen LogP contribution in [0.1, 0.15) is 28.7 Å². The maximum absolute atomic E-state index is 12.5. The van der Waals surface area contributed by atoms with Crippen molar-refractivity contribution in [2.45, 2.75) is 26.7 Å².